The maximum atomic E-state index is 10.6. The molecule has 579 valence electrons. The van der Waals surface area contributed by atoms with Crippen LogP contribution in [-0.2, 0) is 90.2 Å². The van der Waals surface area contributed by atoms with Crippen LogP contribution in [0.2, 0.25) is 0 Å². The van der Waals surface area contributed by atoms with Crippen LogP contribution in [0.3, 0.4) is 0 Å². The van der Waals surface area contributed by atoms with E-state index < -0.39 is 20.8 Å². The zero-order chi connectivity index (χ0) is 67.1. The van der Waals surface area contributed by atoms with Crippen molar-refractivity contribution >= 4 is 29.2 Å². The van der Waals surface area contributed by atoms with E-state index >= 15 is 0 Å². The number of nitrogens with one attached hydrogen (secondary N) is 3. The van der Waals surface area contributed by atoms with Crippen LogP contribution >= 0.6 is 0 Å². The Hall–Kier alpha value is 1.26. The first-order valence-electron chi connectivity index (χ1n) is 37.5. The van der Waals surface area contributed by atoms with E-state index in [2.05, 4.69) is 96.7 Å². The minimum Gasteiger partial charge on any atom is -0.870 e. The summed E-state index contributed by atoms with van der Waals surface area (Å²) in [5, 5.41) is 0. The predicted octanol–water partition coefficient (Wildman–Crippen LogP) is 14.1. The van der Waals surface area contributed by atoms with Crippen molar-refractivity contribution in [2.24, 2.45) is 98.6 Å². The summed E-state index contributed by atoms with van der Waals surface area (Å²) in [4.78, 5) is 0. The Morgan fingerprint density at radius 3 is 1.17 bits per heavy atom. The number of hydrogen-bond donors (Lipinski definition) is 2. The zero-order valence-corrected chi connectivity index (χ0v) is 71.3. The molecule has 10 aliphatic carbocycles. The summed E-state index contributed by atoms with van der Waals surface area (Å²) in [5.74, 6) is 10.7. The van der Waals surface area contributed by atoms with Gasteiger partial charge >= 0.3 is 92.5 Å². The molecular formula is C75H138BN3NaO15Pt2S2. The molecule has 99 heavy (non-hydrogen) atoms. The molecule has 24 heteroatoms. The molecule has 0 heterocycles. The molecule has 0 saturated heterocycles. The Morgan fingerprint density at radius 1 is 0.495 bits per heavy atom. The van der Waals surface area contributed by atoms with Gasteiger partial charge in [-0.05, 0) is 195 Å². The van der Waals surface area contributed by atoms with E-state index in [1.807, 2.05) is 0 Å². The molecule has 3 radical (unpaired) electrons. The summed E-state index contributed by atoms with van der Waals surface area (Å²) in [6.07, 6.45) is 43.7. The third kappa shape index (κ3) is 28.6. The first-order chi connectivity index (χ1) is 43.5. The van der Waals surface area contributed by atoms with Gasteiger partial charge in [0.05, 0.1) is 65.1 Å². The fourth-order valence-corrected chi connectivity index (χ4v) is 21.6. The van der Waals surface area contributed by atoms with Crippen molar-refractivity contribution in [1.82, 2.24) is 0 Å². The van der Waals surface area contributed by atoms with Crippen LogP contribution in [0.15, 0.2) is 23.3 Å². The van der Waals surface area contributed by atoms with Gasteiger partial charge < -0.3 is 59.5 Å². The fraction of sp³-hybridized carbons (Fsp3) is 0.933. The molecule has 10 aliphatic rings. The first-order valence-corrected chi connectivity index (χ1v) is 40.2. The topological polar surface area (TPSA) is 329 Å². The molecule has 8 saturated carbocycles. The van der Waals surface area contributed by atoms with E-state index in [1.54, 1.807) is 11.1 Å². The van der Waals surface area contributed by atoms with E-state index in [4.69, 9.17) is 45.3 Å². The molecule has 4 unspecified atom stereocenters. The van der Waals surface area contributed by atoms with Crippen molar-refractivity contribution in [1.29, 1.82) is 0 Å². The second kappa shape index (κ2) is 46.7. The molecule has 0 aromatic heterocycles. The van der Waals surface area contributed by atoms with Gasteiger partial charge in [-0.15, -0.1) is 0 Å². The van der Waals surface area contributed by atoms with Gasteiger partial charge in [-0.2, -0.15) is 40.9 Å². The van der Waals surface area contributed by atoms with Gasteiger partial charge in [0.1, 0.15) is 0 Å². The summed E-state index contributed by atoms with van der Waals surface area (Å²) in [6, 6.07) is -0.0174. The van der Waals surface area contributed by atoms with E-state index in [9.17, 15) is 16.8 Å². The van der Waals surface area contributed by atoms with Gasteiger partial charge in [0, 0.05) is 8.41 Å². The summed E-state index contributed by atoms with van der Waals surface area (Å²) < 4.78 is 91.0. The van der Waals surface area contributed by atoms with Crippen LogP contribution in [0, 0.1) is 106 Å². The monoisotopic (exact) mass is 1810 g/mol. The Kier molecular flexibility index (Phi) is 47.3. The van der Waals surface area contributed by atoms with Gasteiger partial charge in [0.2, 0.25) is 0 Å². The largest absolute Gasteiger partial charge is 2.00 e. The maximum absolute atomic E-state index is 10.6. The van der Waals surface area contributed by atoms with Crippen molar-refractivity contribution in [3.05, 3.63) is 47.4 Å². The molecule has 0 amide bonds. The normalized spacial score (nSPS) is 35.5. The molecule has 0 aliphatic heterocycles. The predicted molar refractivity (Wildman–Crippen MR) is 387 cm³/mol. The molecule has 0 spiro atoms. The van der Waals surface area contributed by atoms with Crippen molar-refractivity contribution in [2.75, 3.05) is 52.9 Å². The van der Waals surface area contributed by atoms with Crippen molar-refractivity contribution in [3.63, 3.8) is 0 Å². The Labute approximate surface area is 656 Å². The molecule has 10 N–H and O–H groups in total. The van der Waals surface area contributed by atoms with Crippen molar-refractivity contribution in [3.8, 4) is 0 Å². The fourth-order valence-electron chi connectivity index (χ4n) is 21.1. The van der Waals surface area contributed by atoms with Crippen LogP contribution in [0.4, 0.5) is 0 Å². The number of hydrogen-bond acceptors (Lipinski definition) is 11. The third-order valence-electron chi connectivity index (χ3n) is 26.3. The van der Waals surface area contributed by atoms with Crippen LogP contribution in [0.25, 0.3) is 17.2 Å². The van der Waals surface area contributed by atoms with E-state index in [1.165, 1.54) is 148 Å². The second-order valence-corrected chi connectivity index (χ2v) is 35.1. The molecule has 18 nitrogen and oxygen atoms in total. The number of rotatable bonds is 26. The van der Waals surface area contributed by atoms with Crippen LogP contribution in [0.1, 0.15) is 262 Å². The van der Waals surface area contributed by atoms with Crippen molar-refractivity contribution in [2.45, 2.75) is 292 Å². The van der Waals surface area contributed by atoms with Crippen LogP contribution < -0.4 is 29.6 Å². The Bertz CT molecular complexity index is 2350. The minimum absolute atomic E-state index is 0. The Morgan fingerprint density at radius 2 is 0.848 bits per heavy atom. The average molecular weight is 1810 g/mol. The SMILES string of the molecule is CC(C)CCC[C@@H](C)[C@H]1CC[C@H]2[C@@H]3CC=C4C[C@@H](OCCOCCOS(=O)(=O)O)CC[C@]4(C)[C@H]3CC[C@]12C.CC(C)CCC[C@@H](C)[C@H]1CC[C@H]2[C@@H]3CC=C4C[C@@H](OCCOCCOS(=O)(=O)O)CC[C@]4(C)[C@H]3CC[C@]12C.O.O.[B].[CH2-]C1CCCCC1[NH-].[NH-]C1CCCCC1[NH-].[Na+].[OH-].[Pt+2].[Pt+2]. The second-order valence-electron chi connectivity index (χ2n) is 32.9. The zero-order valence-electron chi connectivity index (χ0n) is 63.1. The number of fused-ring (bicyclic) bond motifs is 10. The van der Waals surface area contributed by atoms with Crippen LogP contribution in [0.5, 0.6) is 0 Å². The van der Waals surface area contributed by atoms with Gasteiger partial charge in [-0.25, -0.2) is 8.37 Å². The quantitative estimate of drug-likeness (QED) is 0.0268. The minimum atomic E-state index is -4.40. The number of allylic oxidation sites excluding steroid dienone is 2. The molecule has 0 aromatic rings. The molecule has 8 fully saturated rings. The van der Waals surface area contributed by atoms with E-state index in [-0.39, 0.29) is 153 Å². The standard InChI is InChI=1S/2C31H54O6S.C7H13N.C6H12N2.B.Na.3H2O.2Pt/c2*1-22(2)7-6-8-23(3)27-11-12-28-26-10-9-24-21-25(36-19-17-35-18-20-37-38(32,33)34)13-15-30(24,4)29(26)14-16-31(27,28)5;1-6-4-2-3-5-7(6)8;7-5-3-1-2-4-6(5)8;;;;;;;/h2*9,22-23,25-29H,6-8,10-21H2,1-5H3,(H,32,33,34);6-8H,1-5H2;5-8H,1-4H2;;;3*1H2;;/q;;2*-2;;+1;;;;2*+2/p-1/t2*23-,25+,26+,27-,28+,29+,30+,31-;;;;;;;;;/m11........./s1. The van der Waals surface area contributed by atoms with E-state index in [0.29, 0.717) is 54.0 Å². The van der Waals surface area contributed by atoms with Gasteiger partial charge in [-0.1, -0.05) is 182 Å². The molecule has 10 rings (SSSR count). The van der Waals surface area contributed by atoms with Crippen LogP contribution in [-0.4, -0.2) is 134 Å². The summed E-state index contributed by atoms with van der Waals surface area (Å²) >= 11 is 0. The van der Waals surface area contributed by atoms with Gasteiger partial charge in [-0.3, -0.25) is 9.11 Å². The summed E-state index contributed by atoms with van der Waals surface area (Å²) in [5.41, 5.74) is 27.0. The third-order valence-corrected chi connectivity index (χ3v) is 27.2. The first kappa shape index (κ1) is 100. The summed E-state index contributed by atoms with van der Waals surface area (Å²) in [6.45, 7) is 30.5. The van der Waals surface area contributed by atoms with Gasteiger partial charge in [0.15, 0.2) is 0 Å². The van der Waals surface area contributed by atoms with Crippen molar-refractivity contribution < 1.29 is 141 Å². The average Bonchev–Trinajstić information content (AvgIpc) is 1.71. The smallest absolute Gasteiger partial charge is 0.870 e. The van der Waals surface area contributed by atoms with Gasteiger partial charge in [0.25, 0.3) is 0 Å². The summed E-state index contributed by atoms with van der Waals surface area (Å²) in [7, 11) is -8.80. The maximum Gasteiger partial charge on any atom is 2.00 e. The van der Waals surface area contributed by atoms with E-state index in [0.717, 1.165) is 116 Å². The molecule has 20 atom stereocenters. The molecule has 0 bridgehead atoms. The number of ether oxygens (including phenoxy) is 4. The molecule has 0 aromatic carbocycles. The Balaban J connectivity index is 0.00000149. The molecular weight excluding hydrogens is 1670 g/mol.